The summed E-state index contributed by atoms with van der Waals surface area (Å²) in [6.07, 6.45) is 0. The van der Waals surface area contributed by atoms with Crippen LogP contribution in [0, 0.1) is 24.7 Å². The van der Waals surface area contributed by atoms with Crippen molar-refractivity contribution in [2.45, 2.75) is 50.9 Å². The van der Waals surface area contributed by atoms with Crippen molar-refractivity contribution in [1.29, 1.82) is 0 Å². The van der Waals surface area contributed by atoms with Gasteiger partial charge in [-0.3, -0.25) is 4.79 Å². The molecule has 0 unspecified atom stereocenters. The number of alkyl halides is 1. The lowest BCUT2D eigenvalue weighted by Crippen LogP contribution is -2.69. The number of nitrogens with zero attached hydrogens (tertiary/aromatic N) is 2. The Kier molecular flexibility index (Phi) is 3.80. The summed E-state index contributed by atoms with van der Waals surface area (Å²) in [7, 11) is 5.11. The third kappa shape index (κ3) is 1.89. The van der Waals surface area contributed by atoms with Crippen LogP contribution >= 0.6 is 33.2 Å². The lowest BCUT2D eigenvalue weighted by Gasteiger charge is -2.60. The van der Waals surface area contributed by atoms with Crippen LogP contribution in [-0.2, 0) is 11.8 Å². The lowest BCUT2D eigenvalue weighted by molar-refractivity contribution is -0.153. The van der Waals surface area contributed by atoms with E-state index < -0.39 is 15.0 Å². The fourth-order valence-corrected chi connectivity index (χ4v) is 6.79. The minimum atomic E-state index is -0.616. The van der Waals surface area contributed by atoms with Crippen LogP contribution in [0.4, 0.5) is 0 Å². The first-order valence-electron chi connectivity index (χ1n) is 6.56. The van der Waals surface area contributed by atoms with Crippen LogP contribution in [0.5, 0.6) is 0 Å². The highest BCUT2D eigenvalue weighted by atomic mass is 35.5. The Morgan fingerprint density at radius 2 is 1.65 bits per heavy atom. The summed E-state index contributed by atoms with van der Waals surface area (Å²) in [5.74, 6) is 0.223. The van der Waals surface area contributed by atoms with Crippen LogP contribution in [-0.4, -0.2) is 19.5 Å². The number of hydrogen-bond donors (Lipinski definition) is 0. The highest BCUT2D eigenvalue weighted by molar-refractivity contribution is 8.77. The predicted octanol–water partition coefficient (Wildman–Crippen LogP) is 4.35. The van der Waals surface area contributed by atoms with Crippen LogP contribution in [0.25, 0.3) is 0 Å². The number of hydrogen-bond acceptors (Lipinski definition) is 4. The van der Waals surface area contributed by atoms with Gasteiger partial charge in [-0.05, 0) is 24.6 Å². The zero-order valence-corrected chi connectivity index (χ0v) is 15.4. The van der Waals surface area contributed by atoms with Gasteiger partial charge in [-0.25, -0.2) is 4.98 Å². The molecule has 1 fully saturated rings. The van der Waals surface area contributed by atoms with Gasteiger partial charge in [-0.2, -0.15) is 0 Å². The minimum absolute atomic E-state index is 0.223. The SMILES string of the molecule is Cc1nc(SSC2(Cl)C(C)(C)C(=O)C2(C)C)n(C)c1C. The van der Waals surface area contributed by atoms with E-state index in [2.05, 4.69) is 9.55 Å². The molecule has 0 radical (unpaired) electrons. The number of aryl methyl sites for hydroxylation is 1. The summed E-state index contributed by atoms with van der Waals surface area (Å²) in [6.45, 7) is 11.8. The molecule has 6 heteroatoms. The number of aromatic nitrogens is 2. The number of imidazole rings is 1. The van der Waals surface area contributed by atoms with Crippen molar-refractivity contribution in [3.05, 3.63) is 11.4 Å². The number of carbonyl (C=O) groups excluding carboxylic acids is 1. The summed E-state index contributed by atoms with van der Waals surface area (Å²) >= 11 is 6.82. The van der Waals surface area contributed by atoms with Gasteiger partial charge in [0.2, 0.25) is 0 Å². The Labute approximate surface area is 133 Å². The summed E-state index contributed by atoms with van der Waals surface area (Å²) in [6, 6.07) is 0. The van der Waals surface area contributed by atoms with Crippen molar-refractivity contribution >= 4 is 39.0 Å². The quantitative estimate of drug-likeness (QED) is 0.609. The Balaban J connectivity index is 2.22. The van der Waals surface area contributed by atoms with Crippen LogP contribution in [0.3, 0.4) is 0 Å². The topological polar surface area (TPSA) is 34.9 Å². The first-order chi connectivity index (χ1) is 8.97. The normalized spacial score (nSPS) is 22.7. The van der Waals surface area contributed by atoms with Gasteiger partial charge in [0.1, 0.15) is 9.99 Å². The monoisotopic (exact) mass is 332 g/mol. The number of carbonyl (C=O) groups is 1. The second kappa shape index (κ2) is 4.68. The average molecular weight is 333 g/mol. The summed E-state index contributed by atoms with van der Waals surface area (Å²) in [5.41, 5.74) is 1.14. The van der Waals surface area contributed by atoms with E-state index >= 15 is 0 Å². The Hall–Kier alpha value is -0.130. The molecule has 1 aromatic rings. The van der Waals surface area contributed by atoms with E-state index in [1.165, 1.54) is 0 Å². The molecule has 112 valence electrons. The van der Waals surface area contributed by atoms with E-state index in [9.17, 15) is 4.79 Å². The van der Waals surface area contributed by atoms with Gasteiger partial charge < -0.3 is 4.57 Å². The molecule has 1 heterocycles. The summed E-state index contributed by atoms with van der Waals surface area (Å²) in [4.78, 5) is 16.8. The van der Waals surface area contributed by atoms with Gasteiger partial charge in [0.25, 0.3) is 0 Å². The maximum absolute atomic E-state index is 12.2. The smallest absolute Gasteiger partial charge is 0.179 e. The van der Waals surface area contributed by atoms with E-state index in [-0.39, 0.29) is 5.78 Å². The van der Waals surface area contributed by atoms with Crippen molar-refractivity contribution < 1.29 is 4.79 Å². The number of ketones is 1. The zero-order chi connectivity index (χ0) is 15.5. The molecule has 0 spiro atoms. The third-order valence-electron chi connectivity index (χ3n) is 4.55. The van der Waals surface area contributed by atoms with Gasteiger partial charge in [0.05, 0.1) is 16.5 Å². The summed E-state index contributed by atoms with van der Waals surface area (Å²) < 4.78 is 1.45. The van der Waals surface area contributed by atoms with Crippen molar-refractivity contribution in [2.24, 2.45) is 17.9 Å². The maximum atomic E-state index is 12.2. The fourth-order valence-electron chi connectivity index (χ4n) is 2.86. The molecule has 0 aliphatic heterocycles. The molecule has 1 saturated carbocycles. The van der Waals surface area contributed by atoms with Crippen molar-refractivity contribution in [3.8, 4) is 0 Å². The molecule has 1 aromatic heterocycles. The second-order valence-corrected chi connectivity index (χ2v) is 9.57. The molecule has 0 N–H and O–H groups in total. The van der Waals surface area contributed by atoms with E-state index in [0.717, 1.165) is 16.5 Å². The van der Waals surface area contributed by atoms with Crippen LogP contribution in [0.1, 0.15) is 39.1 Å². The lowest BCUT2D eigenvalue weighted by atomic mass is 9.54. The molecular weight excluding hydrogens is 312 g/mol. The van der Waals surface area contributed by atoms with Crippen molar-refractivity contribution in [3.63, 3.8) is 0 Å². The Bertz CT molecular complexity index is 560. The average Bonchev–Trinajstić information content (AvgIpc) is 2.61. The molecule has 3 nitrogen and oxygen atoms in total. The third-order valence-corrected chi connectivity index (χ3v) is 9.30. The molecule has 0 saturated heterocycles. The number of halogens is 1. The molecule has 20 heavy (non-hydrogen) atoms. The largest absolute Gasteiger partial charge is 0.326 e. The molecule has 0 atom stereocenters. The molecular formula is C14H21ClN2OS2. The standard InChI is InChI=1S/C14H21ClN2OS2/c1-8-9(2)17(7)11(16-8)19-20-14(15)12(3,4)10(18)13(14,5)6/h1-7H3. The first kappa shape index (κ1) is 16.2. The highest BCUT2D eigenvalue weighted by Crippen LogP contribution is 2.70. The molecule has 0 amide bonds. The molecule has 0 aromatic carbocycles. The van der Waals surface area contributed by atoms with Gasteiger partial charge in [-0.15, -0.1) is 11.6 Å². The predicted molar refractivity (Wildman–Crippen MR) is 87.3 cm³/mol. The van der Waals surface area contributed by atoms with Crippen molar-refractivity contribution in [2.75, 3.05) is 0 Å². The number of rotatable bonds is 3. The van der Waals surface area contributed by atoms with Gasteiger partial charge in [0, 0.05) is 12.7 Å². The van der Waals surface area contributed by atoms with E-state index in [1.807, 2.05) is 48.6 Å². The second-order valence-electron chi connectivity index (χ2n) is 6.47. The van der Waals surface area contributed by atoms with E-state index in [1.54, 1.807) is 21.6 Å². The van der Waals surface area contributed by atoms with Gasteiger partial charge in [-0.1, -0.05) is 38.5 Å². The first-order valence-corrected chi connectivity index (χ1v) is 9.09. The molecule has 1 aliphatic carbocycles. The van der Waals surface area contributed by atoms with Crippen LogP contribution < -0.4 is 0 Å². The highest BCUT2D eigenvalue weighted by Gasteiger charge is 2.72. The summed E-state index contributed by atoms with van der Waals surface area (Å²) in [5, 5.41) is 0.927. The van der Waals surface area contributed by atoms with Crippen molar-refractivity contribution in [1.82, 2.24) is 9.55 Å². The zero-order valence-electron chi connectivity index (χ0n) is 13.0. The molecule has 2 rings (SSSR count). The van der Waals surface area contributed by atoms with E-state index in [0.29, 0.717) is 0 Å². The number of Topliss-reactive ketones (excluding diaryl/α,β-unsaturated/α-hetero) is 1. The fraction of sp³-hybridized carbons (Fsp3) is 0.714. The molecule has 1 aliphatic rings. The van der Waals surface area contributed by atoms with E-state index in [4.69, 9.17) is 11.6 Å². The Morgan fingerprint density at radius 3 is 2.05 bits per heavy atom. The molecule has 0 bridgehead atoms. The minimum Gasteiger partial charge on any atom is -0.326 e. The van der Waals surface area contributed by atoms with Gasteiger partial charge >= 0.3 is 0 Å². The van der Waals surface area contributed by atoms with Gasteiger partial charge in [0.15, 0.2) is 5.16 Å². The van der Waals surface area contributed by atoms with Crippen LogP contribution in [0.2, 0.25) is 0 Å². The Morgan fingerprint density at radius 1 is 1.15 bits per heavy atom. The van der Waals surface area contributed by atoms with Crippen LogP contribution in [0.15, 0.2) is 5.16 Å². The maximum Gasteiger partial charge on any atom is 0.179 e.